The van der Waals surface area contributed by atoms with Crippen molar-refractivity contribution in [3.05, 3.63) is 69.9 Å². The van der Waals surface area contributed by atoms with Gasteiger partial charge in [-0.3, -0.25) is 4.57 Å². The van der Waals surface area contributed by atoms with Crippen molar-refractivity contribution in [3.63, 3.8) is 0 Å². The van der Waals surface area contributed by atoms with E-state index in [4.69, 9.17) is 14.0 Å². The summed E-state index contributed by atoms with van der Waals surface area (Å²) in [5.41, 5.74) is 6.04. The molecule has 0 unspecified atom stereocenters. The van der Waals surface area contributed by atoms with E-state index in [0.717, 1.165) is 22.2 Å². The lowest BCUT2D eigenvalue weighted by Crippen LogP contribution is -2.41. The Bertz CT molecular complexity index is 1610. The highest BCUT2D eigenvalue weighted by Crippen LogP contribution is 2.51. The van der Waals surface area contributed by atoms with Crippen LogP contribution in [0.2, 0.25) is 0 Å². The van der Waals surface area contributed by atoms with E-state index in [1.807, 2.05) is 33.0 Å². The molecule has 0 radical (unpaired) electrons. The van der Waals surface area contributed by atoms with Crippen LogP contribution in [0.4, 0.5) is 4.79 Å². The number of carbonyl (C=O) groups excluding carboxylic acids is 1. The van der Waals surface area contributed by atoms with Crippen LogP contribution < -0.4 is 15.9 Å². The van der Waals surface area contributed by atoms with E-state index in [2.05, 4.69) is 78.0 Å². The van der Waals surface area contributed by atoms with Gasteiger partial charge in [0.1, 0.15) is 5.60 Å². The third-order valence-electron chi connectivity index (χ3n) is 8.55. The number of carbonyl (C=O) groups is 1. The molecule has 196 valence electrons. The maximum absolute atomic E-state index is 13.1. The molecule has 0 bridgehead atoms. The molecule has 2 heterocycles. The summed E-state index contributed by atoms with van der Waals surface area (Å²) in [5, 5.41) is 2.49. The van der Waals surface area contributed by atoms with Crippen LogP contribution in [0.1, 0.15) is 73.4 Å². The fourth-order valence-corrected chi connectivity index (χ4v) is 6.16. The van der Waals surface area contributed by atoms with Crippen molar-refractivity contribution < 1.29 is 18.8 Å². The van der Waals surface area contributed by atoms with Crippen LogP contribution in [0.5, 0.6) is 0 Å². The van der Waals surface area contributed by atoms with Crippen LogP contribution in [-0.2, 0) is 19.5 Å². The minimum atomic E-state index is -0.589. The Hall–Kier alpha value is -3.09. The van der Waals surface area contributed by atoms with Crippen molar-refractivity contribution in [1.29, 1.82) is 0 Å². The number of nitrogens with zero attached hydrogens (tertiary/aromatic N) is 1. The van der Waals surface area contributed by atoms with E-state index in [9.17, 15) is 4.79 Å². The van der Waals surface area contributed by atoms with Gasteiger partial charge in [0.25, 0.3) is 0 Å². The number of allylic oxidation sites excluding steroid dienone is 1. The van der Waals surface area contributed by atoms with Crippen molar-refractivity contribution in [1.82, 2.24) is 4.57 Å². The second-order valence-electron chi connectivity index (χ2n) is 13.3. The van der Waals surface area contributed by atoms with Gasteiger partial charge in [-0.1, -0.05) is 38.1 Å². The van der Waals surface area contributed by atoms with E-state index >= 15 is 0 Å². The first-order chi connectivity index (χ1) is 17.6. The Morgan fingerprint density at radius 3 is 2.24 bits per heavy atom. The van der Waals surface area contributed by atoms with Gasteiger partial charge in [-0.25, -0.2) is 4.79 Å². The van der Waals surface area contributed by atoms with Crippen molar-refractivity contribution in [2.75, 3.05) is 0 Å². The SMILES string of the molecule is CC(C)(C)OC(=O)n1ccc2c(B3OC(C)(C)C(C)(C)O3)c3c(c-2c1)C(C)(C)C1=c2ccccc2=CC1=C3. The Morgan fingerprint density at radius 2 is 1.58 bits per heavy atom. The second-order valence-corrected chi connectivity index (χ2v) is 13.3. The lowest BCUT2D eigenvalue weighted by atomic mass is 9.67. The van der Waals surface area contributed by atoms with E-state index in [1.165, 1.54) is 27.1 Å². The summed E-state index contributed by atoms with van der Waals surface area (Å²) in [6.45, 7) is 18.5. The molecule has 1 saturated heterocycles. The summed E-state index contributed by atoms with van der Waals surface area (Å²) >= 11 is 0. The van der Waals surface area contributed by atoms with Gasteiger partial charge in [0, 0.05) is 23.4 Å². The first-order valence-corrected chi connectivity index (χ1v) is 13.4. The lowest BCUT2D eigenvalue weighted by Gasteiger charge is -2.34. The Labute approximate surface area is 225 Å². The number of hydrogen-bond donors (Lipinski definition) is 0. The van der Waals surface area contributed by atoms with Gasteiger partial charge in [0.15, 0.2) is 0 Å². The van der Waals surface area contributed by atoms with Gasteiger partial charge in [-0.2, -0.15) is 0 Å². The molecule has 1 aromatic rings. The average molecular weight is 509 g/mol. The standard InChI is InChI=1S/C32H36BNO4/c1-29(2,3)36-28(35)34-15-14-22-24(18-34)26-23(27(22)33-37-31(6,7)32(8,9)38-33)17-20-16-19-12-10-11-13-21(19)25(20)30(26,4)5/h10-18H,1-9H3. The molecule has 1 aromatic carbocycles. The van der Waals surface area contributed by atoms with Crippen molar-refractivity contribution in [2.45, 2.75) is 84.5 Å². The molecule has 5 nitrogen and oxygen atoms in total. The molecule has 0 N–H and O–H groups in total. The Morgan fingerprint density at radius 1 is 0.921 bits per heavy atom. The zero-order valence-electron chi connectivity index (χ0n) is 23.9. The topological polar surface area (TPSA) is 49.7 Å². The van der Waals surface area contributed by atoms with Gasteiger partial charge in [-0.15, -0.1) is 0 Å². The minimum Gasteiger partial charge on any atom is -0.443 e. The van der Waals surface area contributed by atoms with Gasteiger partial charge in [-0.05, 0) is 110 Å². The van der Waals surface area contributed by atoms with Gasteiger partial charge in [0.05, 0.1) is 11.2 Å². The van der Waals surface area contributed by atoms with Crippen LogP contribution in [0.15, 0.2) is 48.3 Å². The summed E-state index contributed by atoms with van der Waals surface area (Å²) in [5.74, 6) is 0. The third kappa shape index (κ3) is 3.57. The highest BCUT2D eigenvalue weighted by atomic mass is 16.7. The average Bonchev–Trinajstić information content (AvgIpc) is 3.39. The highest BCUT2D eigenvalue weighted by molar-refractivity contribution is 6.65. The monoisotopic (exact) mass is 509 g/mol. The zero-order chi connectivity index (χ0) is 27.4. The third-order valence-corrected chi connectivity index (χ3v) is 8.55. The molecule has 2 aliphatic heterocycles. The maximum atomic E-state index is 13.1. The van der Waals surface area contributed by atoms with Gasteiger partial charge in [0.2, 0.25) is 0 Å². The quantitative estimate of drug-likeness (QED) is 0.434. The zero-order valence-corrected chi connectivity index (χ0v) is 23.9. The van der Waals surface area contributed by atoms with Crippen LogP contribution >= 0.6 is 0 Å². The minimum absolute atomic E-state index is 0.324. The predicted molar refractivity (Wildman–Crippen MR) is 153 cm³/mol. The molecular formula is C32H36BNO4. The molecule has 5 aliphatic rings. The van der Waals surface area contributed by atoms with E-state index in [1.54, 1.807) is 10.8 Å². The molecule has 0 amide bonds. The number of pyridine rings is 1. The Balaban J connectivity index is 1.63. The molecule has 0 aromatic heterocycles. The van der Waals surface area contributed by atoms with Gasteiger partial charge >= 0.3 is 13.2 Å². The number of benzene rings is 1. The molecule has 3 aliphatic carbocycles. The van der Waals surface area contributed by atoms with Crippen molar-refractivity contribution >= 4 is 36.4 Å². The highest BCUT2D eigenvalue weighted by Gasteiger charge is 2.54. The molecule has 38 heavy (non-hydrogen) atoms. The number of fused-ring (bicyclic) bond motifs is 5. The van der Waals surface area contributed by atoms with E-state index < -0.39 is 30.0 Å². The number of aromatic nitrogens is 1. The number of rotatable bonds is 1. The van der Waals surface area contributed by atoms with E-state index in [-0.39, 0.29) is 5.41 Å². The lowest BCUT2D eigenvalue weighted by molar-refractivity contribution is 0.00578. The Kier molecular flexibility index (Phi) is 5.13. The fraction of sp³-hybridized carbons (Fsp3) is 0.406. The molecule has 0 spiro atoms. The first kappa shape index (κ1) is 25.2. The van der Waals surface area contributed by atoms with E-state index in [0.29, 0.717) is 0 Å². The van der Waals surface area contributed by atoms with Gasteiger partial charge < -0.3 is 14.0 Å². The fourth-order valence-electron chi connectivity index (χ4n) is 6.16. The predicted octanol–water partition coefficient (Wildman–Crippen LogP) is 4.99. The summed E-state index contributed by atoms with van der Waals surface area (Å²) in [6.07, 6.45) is 7.87. The maximum Gasteiger partial charge on any atom is 0.496 e. The first-order valence-electron chi connectivity index (χ1n) is 13.4. The largest absolute Gasteiger partial charge is 0.496 e. The molecule has 6 heteroatoms. The molecule has 0 saturated carbocycles. The number of ether oxygens (including phenoxy) is 1. The normalized spacial score (nSPS) is 20.5. The van der Waals surface area contributed by atoms with Crippen molar-refractivity contribution in [3.8, 4) is 11.1 Å². The molecule has 6 rings (SSSR count). The smallest absolute Gasteiger partial charge is 0.443 e. The molecule has 0 atom stereocenters. The van der Waals surface area contributed by atoms with Crippen LogP contribution in [0.25, 0.3) is 28.9 Å². The van der Waals surface area contributed by atoms with Crippen LogP contribution in [0.3, 0.4) is 0 Å². The molecular weight excluding hydrogens is 473 g/mol. The molecule has 1 fully saturated rings. The summed E-state index contributed by atoms with van der Waals surface area (Å²) < 4.78 is 20.5. The van der Waals surface area contributed by atoms with Crippen molar-refractivity contribution in [2.24, 2.45) is 0 Å². The second kappa shape index (κ2) is 7.74. The number of hydrogen-bond acceptors (Lipinski definition) is 4. The summed E-state index contributed by atoms with van der Waals surface area (Å²) in [6, 6.07) is 10.6. The van der Waals surface area contributed by atoms with Crippen LogP contribution in [0, 0.1) is 0 Å². The summed E-state index contributed by atoms with van der Waals surface area (Å²) in [4.78, 5) is 13.1. The summed E-state index contributed by atoms with van der Waals surface area (Å²) in [7, 11) is -0.526. The van der Waals surface area contributed by atoms with Crippen LogP contribution in [-0.4, -0.2) is 34.6 Å².